The number of thiazole rings is 2. The van der Waals surface area contributed by atoms with Crippen LogP contribution in [-0.2, 0) is 0 Å². The first-order valence-corrected chi connectivity index (χ1v) is 20.7. The van der Waals surface area contributed by atoms with E-state index in [9.17, 15) is 5.11 Å². The summed E-state index contributed by atoms with van der Waals surface area (Å²) in [6, 6.07) is 19.1. The lowest BCUT2D eigenvalue weighted by Gasteiger charge is -2.36. The fourth-order valence-corrected chi connectivity index (χ4v) is 7.13. The van der Waals surface area contributed by atoms with Crippen LogP contribution in [0.2, 0.25) is 18.1 Å². The number of nitrogens with two attached hydrogens (primary N) is 1. The first kappa shape index (κ1) is 36.2. The zero-order chi connectivity index (χ0) is 35.7. The highest BCUT2D eigenvalue weighted by Crippen LogP contribution is 2.38. The summed E-state index contributed by atoms with van der Waals surface area (Å²) in [6.45, 7) is 11.3. The molecule has 0 unspecified atom stereocenters. The van der Waals surface area contributed by atoms with Crippen molar-refractivity contribution in [2.75, 3.05) is 18.1 Å². The Morgan fingerprint density at radius 3 is 1.84 bits per heavy atom. The maximum absolute atomic E-state index is 9.46. The van der Waals surface area contributed by atoms with Gasteiger partial charge in [0, 0.05) is 19.4 Å². The van der Waals surface area contributed by atoms with Gasteiger partial charge in [-0.1, -0.05) is 57.2 Å². The first-order valence-electron chi connectivity index (χ1n) is 16.1. The molecule has 6 aromatic rings. The smallest absolute Gasteiger partial charge is 0.250 e. The second kappa shape index (κ2) is 16.1. The van der Waals surface area contributed by atoms with Gasteiger partial charge in [-0.3, -0.25) is 0 Å². The molecule has 0 aliphatic rings. The zero-order valence-corrected chi connectivity index (χ0v) is 31.7. The lowest BCUT2D eigenvalue weighted by molar-refractivity contribution is 0.476. The number of nitrogen functional groups attached to an aromatic ring is 1. The Kier molecular flexibility index (Phi) is 11.6. The first-order chi connectivity index (χ1) is 23.9. The van der Waals surface area contributed by atoms with Crippen LogP contribution in [0.5, 0.6) is 11.5 Å². The number of aromatic hydroxyl groups is 1. The van der Waals surface area contributed by atoms with Gasteiger partial charge < -0.3 is 20.6 Å². The number of aromatic nitrogens is 4. The summed E-state index contributed by atoms with van der Waals surface area (Å²) in [4.78, 5) is 17.5. The molecule has 0 saturated carbocycles. The van der Waals surface area contributed by atoms with E-state index in [0.29, 0.717) is 5.82 Å². The van der Waals surface area contributed by atoms with Gasteiger partial charge in [0.25, 0.3) is 0 Å². The molecule has 2 aromatic carbocycles. The highest BCUT2D eigenvalue weighted by Gasteiger charge is 2.39. The molecule has 256 valence electrons. The third-order valence-electron chi connectivity index (χ3n) is 8.07. The van der Waals surface area contributed by atoms with Gasteiger partial charge in [0.15, 0.2) is 0 Å². The minimum atomic E-state index is -1.84. The quantitative estimate of drug-likeness (QED) is 0.0999. The van der Waals surface area contributed by atoms with Crippen molar-refractivity contribution in [1.29, 1.82) is 0 Å². The van der Waals surface area contributed by atoms with E-state index in [1.807, 2.05) is 98.3 Å². The highest BCUT2D eigenvalue weighted by atomic mass is 32.1. The van der Waals surface area contributed by atoms with Crippen molar-refractivity contribution in [3.8, 4) is 11.5 Å². The molecule has 0 aliphatic carbocycles. The number of phenols is 1. The Balaban J connectivity index is 0.000000200. The van der Waals surface area contributed by atoms with E-state index in [-0.39, 0.29) is 10.8 Å². The normalized spacial score (nSPS) is 12.4. The van der Waals surface area contributed by atoms with Crippen molar-refractivity contribution in [1.82, 2.24) is 19.9 Å². The van der Waals surface area contributed by atoms with Crippen LogP contribution in [0.25, 0.3) is 44.7 Å². The summed E-state index contributed by atoms with van der Waals surface area (Å²) in [7, 11) is 0.00568. The predicted molar refractivity (Wildman–Crippen MR) is 217 cm³/mol. The largest absolute Gasteiger partial charge is 0.543 e. The van der Waals surface area contributed by atoms with E-state index in [2.05, 4.69) is 65.2 Å². The van der Waals surface area contributed by atoms with Gasteiger partial charge in [-0.05, 0) is 102 Å². The van der Waals surface area contributed by atoms with Crippen LogP contribution in [0.15, 0.2) is 97.4 Å². The third kappa shape index (κ3) is 9.97. The minimum absolute atomic E-state index is 0.176. The minimum Gasteiger partial charge on any atom is -0.543 e. The molecule has 0 aliphatic heterocycles. The summed E-state index contributed by atoms with van der Waals surface area (Å²) in [5, 5.41) is 14.5. The second-order valence-corrected chi connectivity index (χ2v) is 19.8. The van der Waals surface area contributed by atoms with Crippen molar-refractivity contribution >= 4 is 87.4 Å². The molecule has 4 heterocycles. The number of nitrogens with zero attached hydrogens (tertiary/aromatic N) is 4. The average molecular weight is 718 g/mol. The van der Waals surface area contributed by atoms with Gasteiger partial charge in [0.05, 0.1) is 20.4 Å². The number of hydrogen-bond donors (Lipinski definition) is 3. The standard InChI is InChI=1S/C22H27N3OSSi.C17H15N3OS/c1-22(2,3)28(4,5)26-17-11-12-18-19(14-17)27-21(25-18)9-7-6-8-16-10-13-20(23)24-15-16;1-18-16-9-6-12(11-19-16)4-2-3-5-17-20-14-8-7-13(21)10-15(14)22-17/h6-15H,1-5H3,(H2,23,24);2-11,21H,1H3,(H,18,19)/b8-6+,9-7+;4-2+,5-3+/i;1-1. The molecule has 0 atom stereocenters. The van der Waals surface area contributed by atoms with Gasteiger partial charge in [-0.25, -0.2) is 19.9 Å². The van der Waals surface area contributed by atoms with Crippen molar-refractivity contribution in [3.63, 3.8) is 0 Å². The van der Waals surface area contributed by atoms with Gasteiger partial charge in [-0.15, -0.1) is 22.7 Å². The van der Waals surface area contributed by atoms with E-state index in [1.165, 1.54) is 0 Å². The van der Waals surface area contributed by atoms with Crippen LogP contribution in [0.4, 0.5) is 11.6 Å². The Morgan fingerprint density at radius 1 is 0.740 bits per heavy atom. The van der Waals surface area contributed by atoms with Crippen molar-refractivity contribution in [3.05, 3.63) is 119 Å². The number of hydrogen-bond acceptors (Lipinski definition) is 10. The number of rotatable bonds is 9. The SMILES string of the molecule is CC(C)(C)[Si](C)(C)Oc1ccc2nc(/C=C/C=C/c3ccc(N)nc3)sc2c1.[11CH3]Nc1ccc(/C=C/C=C/c2nc3ccc(O)cc3s2)cn1. The number of pyridine rings is 2. The molecule has 4 N–H and O–H groups in total. The lowest BCUT2D eigenvalue weighted by Crippen LogP contribution is -2.43. The molecule has 0 radical (unpaired) electrons. The monoisotopic (exact) mass is 717 g/mol. The maximum atomic E-state index is 9.46. The maximum Gasteiger partial charge on any atom is 0.250 e. The lowest BCUT2D eigenvalue weighted by atomic mass is 10.2. The third-order valence-corrected chi connectivity index (χ3v) is 14.4. The Morgan fingerprint density at radius 2 is 1.30 bits per heavy atom. The van der Waals surface area contributed by atoms with E-state index in [4.69, 9.17) is 10.2 Å². The summed E-state index contributed by atoms with van der Waals surface area (Å²) in [6.07, 6.45) is 19.4. The molecule has 0 bridgehead atoms. The molecule has 0 saturated heterocycles. The van der Waals surface area contributed by atoms with Crippen molar-refractivity contribution < 1.29 is 9.53 Å². The zero-order valence-electron chi connectivity index (χ0n) is 29.1. The summed E-state index contributed by atoms with van der Waals surface area (Å²) < 4.78 is 8.54. The van der Waals surface area contributed by atoms with E-state index in [0.717, 1.165) is 53.1 Å². The summed E-state index contributed by atoms with van der Waals surface area (Å²) >= 11 is 3.22. The molecular weight excluding hydrogens is 676 g/mol. The number of phenolic OH excluding ortho intramolecular Hbond substituents is 1. The second-order valence-electron chi connectivity index (χ2n) is 12.9. The molecule has 4 aromatic heterocycles. The Hall–Kier alpha value is -5.10. The van der Waals surface area contributed by atoms with Gasteiger partial charge in [0.1, 0.15) is 33.1 Å². The average Bonchev–Trinajstić information content (AvgIpc) is 3.68. The molecule has 0 amide bonds. The van der Waals surface area contributed by atoms with Crippen molar-refractivity contribution in [2.45, 2.75) is 38.9 Å². The molecule has 0 spiro atoms. The molecule has 50 heavy (non-hydrogen) atoms. The Labute approximate surface area is 302 Å². The fourth-order valence-electron chi connectivity index (χ4n) is 4.28. The fraction of sp³-hybridized carbons (Fsp3) is 0.179. The van der Waals surface area contributed by atoms with Gasteiger partial charge >= 0.3 is 0 Å². The molecule has 0 fully saturated rings. The van der Waals surface area contributed by atoms with Crippen LogP contribution >= 0.6 is 22.7 Å². The van der Waals surface area contributed by atoms with E-state index < -0.39 is 8.32 Å². The van der Waals surface area contributed by atoms with Gasteiger partial charge in [-0.2, -0.15) is 0 Å². The van der Waals surface area contributed by atoms with Crippen LogP contribution < -0.4 is 15.5 Å². The van der Waals surface area contributed by atoms with E-state index >= 15 is 0 Å². The summed E-state index contributed by atoms with van der Waals surface area (Å²) in [5.41, 5.74) is 9.55. The molecule has 8 nitrogen and oxygen atoms in total. The number of allylic oxidation sites excluding steroid dienone is 4. The Bertz CT molecular complexity index is 2160. The van der Waals surface area contributed by atoms with Crippen LogP contribution in [0, 0.1) is 0 Å². The highest BCUT2D eigenvalue weighted by molar-refractivity contribution is 7.19. The molecule has 6 rings (SSSR count). The summed E-state index contributed by atoms with van der Waals surface area (Å²) in [5.74, 6) is 2.59. The van der Waals surface area contributed by atoms with Gasteiger partial charge in [0.2, 0.25) is 8.32 Å². The predicted octanol–water partition coefficient (Wildman–Crippen LogP) is 10.5. The molecule has 11 heteroatoms. The molecular formula is C39H42N6O2S2Si. The van der Waals surface area contributed by atoms with Crippen LogP contribution in [0.3, 0.4) is 0 Å². The van der Waals surface area contributed by atoms with Crippen LogP contribution in [-0.4, -0.2) is 40.4 Å². The number of nitrogens with one attached hydrogen (secondary N) is 1. The van der Waals surface area contributed by atoms with Crippen LogP contribution in [0.1, 0.15) is 41.9 Å². The number of fused-ring (bicyclic) bond motifs is 2. The topological polar surface area (TPSA) is 119 Å². The van der Waals surface area contributed by atoms with Crippen molar-refractivity contribution in [2.24, 2.45) is 0 Å². The number of anilines is 2. The number of benzene rings is 2. The van der Waals surface area contributed by atoms with E-state index in [1.54, 1.807) is 47.1 Å².